The molecule has 14 nitrogen and oxygen atoms in total. The van der Waals surface area contributed by atoms with Gasteiger partial charge in [0, 0.05) is 18.7 Å². The number of nitrogens with one attached hydrogen (secondary N) is 3. The van der Waals surface area contributed by atoms with Crippen LogP contribution in [0.2, 0.25) is 0 Å². The molecule has 0 radical (unpaired) electrons. The number of imidazole rings is 2. The minimum Gasteiger partial charge on any atom is -0.453 e. The van der Waals surface area contributed by atoms with Gasteiger partial charge in [-0.05, 0) is 63.1 Å². The van der Waals surface area contributed by atoms with Crippen LogP contribution in [0.1, 0.15) is 75.9 Å². The summed E-state index contributed by atoms with van der Waals surface area (Å²) < 4.78 is 22.1. The topological polar surface area (TPSA) is 164 Å². The van der Waals surface area contributed by atoms with Gasteiger partial charge in [-0.1, -0.05) is 60.7 Å². The standard InChI is InChI=1S/C41H49N7O7.3H2S/c1-41(2,3)55-40(51)48-20-8-9-33(48)36-42-23-30(43-36)28-15-11-26(12-16-28)27-13-17-29(18-14-27)35-31-24-53-21-5-6-22-54-25-32(45-39(50)52-4)38(49)47-19-7-10-34(47)37(44-31)46-35;;;/h5-6,11-18,23,32-34H,7-10,19-22,24-25H2,1-4H3,(H,42,43)(H,44,46)(H,45,50);3*1H2/t32-,33-,34-;;;/m0.../s1. The van der Waals surface area contributed by atoms with Crippen molar-refractivity contribution in [3.05, 3.63) is 84.2 Å². The Morgan fingerprint density at radius 3 is 2.12 bits per heavy atom. The highest BCUT2D eigenvalue weighted by molar-refractivity contribution is 7.59. The van der Waals surface area contributed by atoms with Crippen LogP contribution in [0.25, 0.3) is 33.6 Å². The van der Waals surface area contributed by atoms with Crippen molar-refractivity contribution >= 4 is 58.6 Å². The molecule has 58 heavy (non-hydrogen) atoms. The summed E-state index contributed by atoms with van der Waals surface area (Å²) in [6.07, 6.45) is 7.76. The molecular formula is C41H55N7O7S3. The Hall–Kier alpha value is -4.42. The number of fused-ring (bicyclic) bond motifs is 4. The average Bonchev–Trinajstić information content (AvgIpc) is 4.00. The maximum absolute atomic E-state index is 13.8. The van der Waals surface area contributed by atoms with Crippen molar-refractivity contribution < 1.29 is 33.3 Å². The molecule has 2 aromatic heterocycles. The second kappa shape index (κ2) is 20.5. The Morgan fingerprint density at radius 2 is 1.45 bits per heavy atom. The molecular weight excluding hydrogens is 799 g/mol. The van der Waals surface area contributed by atoms with Crippen molar-refractivity contribution in [3.63, 3.8) is 0 Å². The van der Waals surface area contributed by atoms with Gasteiger partial charge in [0.2, 0.25) is 5.91 Å². The number of H-pyrrole nitrogens is 2. The van der Waals surface area contributed by atoms with Gasteiger partial charge in [0.15, 0.2) is 0 Å². The number of alkyl carbamates (subject to hydrolysis) is 1. The van der Waals surface area contributed by atoms with Gasteiger partial charge in [-0.25, -0.2) is 19.6 Å². The molecule has 17 heteroatoms. The molecule has 3 aliphatic rings. The Bertz CT molecular complexity index is 2010. The van der Waals surface area contributed by atoms with Crippen molar-refractivity contribution in [1.29, 1.82) is 0 Å². The molecule has 2 fully saturated rings. The van der Waals surface area contributed by atoms with Crippen molar-refractivity contribution in [2.45, 2.75) is 76.8 Å². The lowest BCUT2D eigenvalue weighted by molar-refractivity contribution is -0.135. The molecule has 3 aliphatic heterocycles. The molecule has 3 atom stereocenters. The lowest BCUT2D eigenvalue weighted by Gasteiger charge is -2.28. The highest BCUT2D eigenvalue weighted by Crippen LogP contribution is 2.36. The first kappa shape index (κ1) is 46.3. The normalized spacial score (nSPS) is 19.7. The summed E-state index contributed by atoms with van der Waals surface area (Å²) >= 11 is 0. The van der Waals surface area contributed by atoms with E-state index in [0.29, 0.717) is 32.1 Å². The van der Waals surface area contributed by atoms with E-state index in [1.165, 1.54) is 7.11 Å². The maximum Gasteiger partial charge on any atom is 0.410 e. The lowest BCUT2D eigenvalue weighted by atomic mass is 10.0. The Morgan fingerprint density at radius 1 is 0.828 bits per heavy atom. The van der Waals surface area contributed by atoms with Crippen LogP contribution in [0.3, 0.4) is 0 Å². The first-order chi connectivity index (χ1) is 26.6. The number of aromatic nitrogens is 4. The van der Waals surface area contributed by atoms with Crippen molar-refractivity contribution in [2.75, 3.05) is 40.0 Å². The third-order valence-electron chi connectivity index (χ3n) is 10.0. The molecule has 3 amide bonds. The van der Waals surface area contributed by atoms with Gasteiger partial charge < -0.3 is 39.1 Å². The number of hydrogen-bond acceptors (Lipinski definition) is 9. The van der Waals surface area contributed by atoms with E-state index in [4.69, 9.17) is 23.9 Å². The molecule has 2 saturated heterocycles. The summed E-state index contributed by atoms with van der Waals surface area (Å²) in [6.45, 7) is 7.76. The van der Waals surface area contributed by atoms with E-state index in [1.54, 1.807) is 9.80 Å². The summed E-state index contributed by atoms with van der Waals surface area (Å²) in [5, 5.41) is 2.64. The van der Waals surface area contributed by atoms with Crippen LogP contribution in [-0.2, 0) is 30.3 Å². The second-order valence-electron chi connectivity index (χ2n) is 15.0. The molecule has 7 rings (SSSR count). The molecule has 0 spiro atoms. The zero-order valence-corrected chi connectivity index (χ0v) is 36.3. The quantitative estimate of drug-likeness (QED) is 0.179. The fourth-order valence-electron chi connectivity index (χ4n) is 7.35. The molecule has 0 unspecified atom stereocenters. The minimum absolute atomic E-state index is 0. The lowest BCUT2D eigenvalue weighted by Crippen LogP contribution is -2.50. The fraction of sp³-hybridized carbons (Fsp3) is 0.439. The summed E-state index contributed by atoms with van der Waals surface area (Å²) in [4.78, 5) is 58.9. The molecule has 5 heterocycles. The second-order valence-corrected chi connectivity index (χ2v) is 15.0. The highest BCUT2D eigenvalue weighted by Gasteiger charge is 2.38. The first-order valence-electron chi connectivity index (χ1n) is 18.9. The van der Waals surface area contributed by atoms with Gasteiger partial charge in [0.1, 0.15) is 23.3 Å². The van der Waals surface area contributed by atoms with Gasteiger partial charge in [-0.3, -0.25) is 9.69 Å². The SMILES string of the molecule is COC(=O)N[C@H]1COCC=CCOCc2[nH]c(nc2-c2ccc(-c3ccc(-c4cnc([C@@H]5CCCN5C(=O)OC(C)(C)C)[nH]4)cc3)cc2)[C@@H]2CCCN2C1=O.S.S.S. The van der Waals surface area contributed by atoms with Crippen LogP contribution in [0.15, 0.2) is 66.9 Å². The predicted molar refractivity (Wildman–Crippen MR) is 236 cm³/mol. The van der Waals surface area contributed by atoms with E-state index in [0.717, 1.165) is 70.8 Å². The van der Waals surface area contributed by atoms with E-state index in [9.17, 15) is 14.4 Å². The largest absolute Gasteiger partial charge is 0.453 e. The Kier molecular flexibility index (Phi) is 16.4. The maximum atomic E-state index is 13.8. The molecule has 2 bridgehead atoms. The van der Waals surface area contributed by atoms with E-state index < -0.39 is 17.7 Å². The van der Waals surface area contributed by atoms with Crippen LogP contribution in [0, 0.1) is 0 Å². The number of methoxy groups -OCH3 is 1. The monoisotopic (exact) mass is 853 g/mol. The van der Waals surface area contributed by atoms with Crippen LogP contribution in [0.5, 0.6) is 0 Å². The summed E-state index contributed by atoms with van der Waals surface area (Å²) in [5.74, 6) is 1.19. The van der Waals surface area contributed by atoms with Gasteiger partial charge in [0.05, 0.1) is 68.9 Å². The summed E-state index contributed by atoms with van der Waals surface area (Å²) in [6, 6.07) is 15.2. The highest BCUT2D eigenvalue weighted by atomic mass is 32.1. The van der Waals surface area contributed by atoms with Gasteiger partial charge in [-0.15, -0.1) is 0 Å². The minimum atomic E-state index is -0.899. The van der Waals surface area contributed by atoms with Gasteiger partial charge >= 0.3 is 12.2 Å². The third kappa shape index (κ3) is 10.8. The number of carbonyl (C=O) groups excluding carboxylic acids is 3. The number of aromatic amines is 2. The number of hydrogen-bond donors (Lipinski definition) is 3. The van der Waals surface area contributed by atoms with Crippen LogP contribution in [0.4, 0.5) is 9.59 Å². The molecule has 0 aliphatic carbocycles. The molecule has 3 N–H and O–H groups in total. The van der Waals surface area contributed by atoms with E-state index in [1.807, 2.05) is 39.1 Å². The molecule has 4 aromatic rings. The summed E-state index contributed by atoms with van der Waals surface area (Å²) in [7, 11) is 1.27. The number of ether oxygens (including phenoxy) is 4. The van der Waals surface area contributed by atoms with Crippen LogP contribution in [-0.4, -0.2) is 99.5 Å². The van der Waals surface area contributed by atoms with Crippen molar-refractivity contribution in [1.82, 2.24) is 35.1 Å². The number of nitrogens with zero attached hydrogens (tertiary/aromatic N) is 4. The van der Waals surface area contributed by atoms with Crippen molar-refractivity contribution in [2.24, 2.45) is 0 Å². The zero-order valence-electron chi connectivity index (χ0n) is 33.3. The van der Waals surface area contributed by atoms with Crippen LogP contribution < -0.4 is 5.32 Å². The van der Waals surface area contributed by atoms with E-state index in [-0.39, 0.29) is 77.8 Å². The smallest absolute Gasteiger partial charge is 0.410 e. The van der Waals surface area contributed by atoms with E-state index in [2.05, 4.69) is 68.8 Å². The zero-order chi connectivity index (χ0) is 38.5. The number of amides is 3. The van der Waals surface area contributed by atoms with Gasteiger partial charge in [0.25, 0.3) is 0 Å². The van der Waals surface area contributed by atoms with Crippen LogP contribution >= 0.6 is 40.5 Å². The summed E-state index contributed by atoms with van der Waals surface area (Å²) in [5.41, 5.74) is 5.93. The number of likely N-dealkylation sites (tertiary alicyclic amines) is 1. The molecule has 2 aromatic carbocycles. The number of rotatable bonds is 5. The Balaban J connectivity index is 0.00000248. The molecule has 314 valence electrons. The molecule has 0 saturated carbocycles. The third-order valence-corrected chi connectivity index (χ3v) is 10.0. The predicted octanol–water partition coefficient (Wildman–Crippen LogP) is 7.04. The number of carbonyl (C=O) groups is 3. The van der Waals surface area contributed by atoms with Gasteiger partial charge in [-0.2, -0.15) is 40.5 Å². The van der Waals surface area contributed by atoms with Crippen molar-refractivity contribution in [3.8, 4) is 33.6 Å². The number of benzene rings is 2. The Labute approximate surface area is 360 Å². The van der Waals surface area contributed by atoms with E-state index >= 15 is 0 Å². The fourth-order valence-corrected chi connectivity index (χ4v) is 7.35. The average molecular weight is 854 g/mol. The first-order valence-corrected chi connectivity index (χ1v) is 18.9.